The summed E-state index contributed by atoms with van der Waals surface area (Å²) in [5.41, 5.74) is 12.2. The number of para-hydroxylation sites is 1. The van der Waals surface area contributed by atoms with Crippen molar-refractivity contribution in [3.63, 3.8) is 0 Å². The summed E-state index contributed by atoms with van der Waals surface area (Å²) < 4.78 is 8.60. The number of aryl methyl sites for hydroxylation is 2. The molecule has 0 aliphatic carbocycles. The third-order valence-electron chi connectivity index (χ3n) is 7.43. The molecule has 0 radical (unpaired) electrons. The highest BCUT2D eigenvalue weighted by molar-refractivity contribution is 6.99. The normalized spacial score (nSPS) is 13.9. The van der Waals surface area contributed by atoms with Gasteiger partial charge in [0, 0.05) is 11.3 Å². The second-order valence-corrected chi connectivity index (χ2v) is 9.17. The van der Waals surface area contributed by atoms with Gasteiger partial charge in [-0.15, -0.1) is 0 Å². The van der Waals surface area contributed by atoms with Crippen molar-refractivity contribution in [3.05, 3.63) is 84.7 Å². The molecule has 0 fully saturated rings. The Morgan fingerprint density at radius 1 is 0.848 bits per heavy atom. The first-order valence-corrected chi connectivity index (χ1v) is 11.3. The molecule has 33 heavy (non-hydrogen) atoms. The lowest BCUT2D eigenvalue weighted by Gasteiger charge is -2.42. The number of rotatable bonds is 0. The molecule has 0 saturated carbocycles. The highest BCUT2D eigenvalue weighted by Crippen LogP contribution is 2.51. The minimum atomic E-state index is 0.126. The van der Waals surface area contributed by atoms with Crippen LogP contribution < -0.4 is 30.6 Å². The molecule has 4 heterocycles. The van der Waals surface area contributed by atoms with Gasteiger partial charge in [-0.2, -0.15) is 0 Å². The van der Waals surface area contributed by atoms with Gasteiger partial charge in [-0.25, -0.2) is 4.57 Å². The number of nitrogens with zero attached hydrogens (tertiary/aromatic N) is 3. The van der Waals surface area contributed by atoms with E-state index in [0.717, 1.165) is 17.0 Å². The van der Waals surface area contributed by atoms with E-state index >= 15 is 0 Å². The van der Waals surface area contributed by atoms with Crippen molar-refractivity contribution >= 4 is 51.1 Å². The Balaban J connectivity index is 1.61. The summed E-state index contributed by atoms with van der Waals surface area (Å²) in [7, 11) is 2.10. The zero-order valence-electron chi connectivity index (χ0n) is 18.3. The lowest BCUT2D eigenvalue weighted by molar-refractivity contribution is -0.662. The monoisotopic (exact) mass is 424 g/mol. The second kappa shape index (κ2) is 5.81. The number of hydrogen-bond acceptors (Lipinski definition) is 3. The van der Waals surface area contributed by atoms with Crippen LogP contribution in [0.5, 0.6) is 11.5 Å². The second-order valence-electron chi connectivity index (χ2n) is 9.17. The van der Waals surface area contributed by atoms with E-state index in [9.17, 15) is 0 Å². The molecule has 0 N–H and O–H groups in total. The molecular formula is C28H19BN3O+. The average Bonchev–Trinajstić information content (AvgIpc) is 2.84. The maximum atomic E-state index is 6.42. The molecule has 4 aromatic carbocycles. The van der Waals surface area contributed by atoms with Gasteiger partial charge in [0.1, 0.15) is 17.2 Å². The third-order valence-corrected chi connectivity index (χ3v) is 7.43. The number of fused-ring (bicyclic) bond motifs is 7. The van der Waals surface area contributed by atoms with Crippen LogP contribution in [-0.4, -0.2) is 11.7 Å². The largest absolute Gasteiger partial charge is 0.458 e. The molecule has 154 valence electrons. The van der Waals surface area contributed by atoms with Crippen LogP contribution in [0.15, 0.2) is 79.1 Å². The summed E-state index contributed by atoms with van der Waals surface area (Å²) >= 11 is 0. The fourth-order valence-electron chi connectivity index (χ4n) is 6.13. The maximum Gasteiger partial charge on any atom is 0.287 e. The Bertz CT molecular complexity index is 1690. The summed E-state index contributed by atoms with van der Waals surface area (Å²) in [6.45, 7) is 2.33. The summed E-state index contributed by atoms with van der Waals surface area (Å²) in [6.07, 6.45) is 1.94. The molecule has 4 nitrogen and oxygen atoms in total. The first-order valence-electron chi connectivity index (χ1n) is 11.3. The Morgan fingerprint density at radius 3 is 2.61 bits per heavy atom. The van der Waals surface area contributed by atoms with E-state index < -0.39 is 0 Å². The van der Waals surface area contributed by atoms with E-state index in [2.05, 4.69) is 90.2 Å². The van der Waals surface area contributed by atoms with Crippen molar-refractivity contribution in [2.75, 3.05) is 4.90 Å². The number of benzene rings is 4. The molecule has 0 spiro atoms. The molecule has 0 atom stereocenters. The van der Waals surface area contributed by atoms with Gasteiger partial charge < -0.3 is 9.64 Å². The van der Waals surface area contributed by atoms with Gasteiger partial charge in [0.05, 0.1) is 23.8 Å². The van der Waals surface area contributed by atoms with Crippen LogP contribution in [0.1, 0.15) is 5.56 Å². The van der Waals surface area contributed by atoms with Crippen molar-refractivity contribution in [2.45, 2.75) is 6.92 Å². The molecule has 0 bridgehead atoms. The van der Waals surface area contributed by atoms with E-state index in [1.807, 2.05) is 12.4 Å². The summed E-state index contributed by atoms with van der Waals surface area (Å²) in [6, 6.07) is 25.9. The SMILES string of the molecule is Cc1cccc2c1-c1c3c4c(ccc3nc[n+]1C)B1c3ccccc3Oc3cccc(c31)N24. The van der Waals surface area contributed by atoms with Gasteiger partial charge in [0.25, 0.3) is 13.0 Å². The van der Waals surface area contributed by atoms with E-state index in [1.54, 1.807) is 0 Å². The molecule has 8 rings (SSSR count). The van der Waals surface area contributed by atoms with Crippen molar-refractivity contribution in [1.29, 1.82) is 0 Å². The first-order chi connectivity index (χ1) is 16.2. The number of hydrogen-bond donors (Lipinski definition) is 0. The van der Waals surface area contributed by atoms with E-state index in [1.165, 1.54) is 55.7 Å². The highest BCUT2D eigenvalue weighted by atomic mass is 16.5. The van der Waals surface area contributed by atoms with Gasteiger partial charge in [-0.05, 0) is 64.2 Å². The Morgan fingerprint density at radius 2 is 1.67 bits per heavy atom. The van der Waals surface area contributed by atoms with Crippen LogP contribution >= 0.6 is 0 Å². The van der Waals surface area contributed by atoms with Crippen molar-refractivity contribution in [1.82, 2.24) is 4.98 Å². The fourth-order valence-corrected chi connectivity index (χ4v) is 6.13. The smallest absolute Gasteiger partial charge is 0.287 e. The first kappa shape index (κ1) is 17.4. The Labute approximate surface area is 191 Å². The van der Waals surface area contributed by atoms with Crippen LogP contribution in [0, 0.1) is 6.92 Å². The maximum absolute atomic E-state index is 6.42. The van der Waals surface area contributed by atoms with Crippen LogP contribution in [0.3, 0.4) is 0 Å². The molecule has 0 unspecified atom stereocenters. The van der Waals surface area contributed by atoms with E-state index in [4.69, 9.17) is 9.72 Å². The lowest BCUT2D eigenvalue weighted by atomic mass is 9.34. The number of aromatic nitrogens is 2. The van der Waals surface area contributed by atoms with Crippen molar-refractivity contribution in [3.8, 4) is 22.8 Å². The van der Waals surface area contributed by atoms with Crippen LogP contribution in [-0.2, 0) is 7.05 Å². The minimum Gasteiger partial charge on any atom is -0.458 e. The summed E-state index contributed by atoms with van der Waals surface area (Å²) in [5.74, 6) is 1.88. The van der Waals surface area contributed by atoms with Crippen LogP contribution in [0.25, 0.3) is 22.2 Å². The fraction of sp³-hybridized carbons (Fsp3) is 0.0714. The minimum absolute atomic E-state index is 0.126. The number of ether oxygens (including phenoxy) is 1. The average molecular weight is 424 g/mol. The summed E-state index contributed by atoms with van der Waals surface area (Å²) in [5, 5.41) is 1.22. The molecule has 1 aromatic heterocycles. The molecular weight excluding hydrogens is 405 g/mol. The van der Waals surface area contributed by atoms with Crippen molar-refractivity contribution < 1.29 is 9.30 Å². The Hall–Kier alpha value is -4.12. The zero-order valence-corrected chi connectivity index (χ0v) is 18.3. The highest BCUT2D eigenvalue weighted by Gasteiger charge is 2.45. The van der Waals surface area contributed by atoms with Gasteiger partial charge >= 0.3 is 0 Å². The van der Waals surface area contributed by atoms with Gasteiger partial charge in [0.2, 0.25) is 0 Å². The van der Waals surface area contributed by atoms with E-state index in [-0.39, 0.29) is 6.71 Å². The molecule has 5 heteroatoms. The molecule has 0 saturated heterocycles. The zero-order chi connectivity index (χ0) is 21.8. The molecule has 3 aliphatic rings. The van der Waals surface area contributed by atoms with Crippen LogP contribution in [0.4, 0.5) is 17.1 Å². The number of anilines is 3. The predicted molar refractivity (Wildman–Crippen MR) is 133 cm³/mol. The predicted octanol–water partition coefficient (Wildman–Crippen LogP) is 3.75. The Kier molecular flexibility index (Phi) is 3.07. The van der Waals surface area contributed by atoms with E-state index in [0.29, 0.717) is 0 Å². The van der Waals surface area contributed by atoms with Crippen molar-refractivity contribution in [2.24, 2.45) is 7.05 Å². The van der Waals surface area contributed by atoms with Crippen LogP contribution in [0.2, 0.25) is 0 Å². The third kappa shape index (κ3) is 1.99. The lowest BCUT2D eigenvalue weighted by Crippen LogP contribution is -2.60. The summed E-state index contributed by atoms with van der Waals surface area (Å²) in [4.78, 5) is 7.26. The van der Waals surface area contributed by atoms with Gasteiger partial charge in [-0.3, -0.25) is 0 Å². The van der Waals surface area contributed by atoms with Gasteiger partial charge in [-0.1, -0.05) is 42.5 Å². The van der Waals surface area contributed by atoms with Gasteiger partial charge in [0.15, 0.2) is 5.52 Å². The topological polar surface area (TPSA) is 29.2 Å². The quantitative estimate of drug-likeness (QED) is 0.274. The molecule has 5 aromatic rings. The molecule has 0 amide bonds. The molecule has 3 aliphatic heterocycles. The standard InChI is InChI=1S/C28H19BN3O/c1-16-7-5-9-20-24(16)28-25-19(30-15-31(28)2)14-13-18-27(25)32(20)21-10-6-12-23-26(21)29(18)17-8-3-4-11-22(17)33-23/h3-15H,1-2H3/q+1.